The molecule has 3 unspecified atom stereocenters. The summed E-state index contributed by atoms with van der Waals surface area (Å²) in [6.45, 7) is 6.87. The number of phosphoric acid groups is 3. The molecule has 0 saturated carbocycles. The van der Waals surface area contributed by atoms with E-state index < -0.39 is 60.4 Å². The number of nitrogen functional groups attached to an aromatic ring is 1. The molecule has 4 aliphatic carbocycles. The SMILES string of the molecule is C=CCO[C@@H]1C[C@H](Cn2cc(C#CCNC(=O)OCC(=C)CCCC(=O)c3ccc(C(=O)O)c(C4=c5cc6c7c(c5Oc5c4cc4c8c5CCCC8CCC4)CCCC=7CCC6)c3)c3c(N)ncnc32)O[C@@H]1COP(=O)(O)OP(=O)(O)OP(=O)(O)O. The highest BCUT2D eigenvalue weighted by Gasteiger charge is 2.44. The largest absolute Gasteiger partial charge is 0.490 e. The Kier molecular flexibility index (Phi) is 17.9. The molecule has 454 valence electrons. The fourth-order valence-electron chi connectivity index (χ4n) is 13.2. The molecule has 4 heterocycles. The van der Waals surface area contributed by atoms with Crippen molar-refractivity contribution in [2.24, 2.45) is 0 Å². The van der Waals surface area contributed by atoms with E-state index in [2.05, 4.69) is 61.0 Å². The molecule has 8 N–H and O–H groups in total. The number of Topliss-reactive ketones (excluding diaryl/α,β-unsaturated/α-hetero) is 1. The maximum atomic E-state index is 14.2. The van der Waals surface area contributed by atoms with Crippen molar-refractivity contribution in [2.45, 2.75) is 134 Å². The number of alkyl carbamates (subject to hydrolysis) is 1. The second-order valence-electron chi connectivity index (χ2n) is 22.4. The smallest absolute Gasteiger partial charge is 0.478 e. The van der Waals surface area contributed by atoms with Gasteiger partial charge in [-0.15, -0.1) is 6.58 Å². The van der Waals surface area contributed by atoms with Gasteiger partial charge in [0.05, 0.1) is 55.0 Å². The lowest BCUT2D eigenvalue weighted by Crippen LogP contribution is -2.33. The van der Waals surface area contributed by atoms with Gasteiger partial charge in [-0.3, -0.25) is 9.32 Å². The number of hydrogen-bond donors (Lipinski definition) is 7. The molecule has 11 rings (SSSR count). The number of ether oxygens (including phenoxy) is 4. The maximum Gasteiger partial charge on any atom is 0.490 e. The van der Waals surface area contributed by atoms with E-state index in [0.29, 0.717) is 52.1 Å². The quantitative estimate of drug-likeness (QED) is 0.0145. The Hall–Kier alpha value is -6.60. The molecule has 0 bridgehead atoms. The number of aromatic carboxylic acids is 1. The van der Waals surface area contributed by atoms with Crippen LogP contribution in [-0.2, 0) is 73.3 Å². The van der Waals surface area contributed by atoms with Crippen LogP contribution in [0.2, 0.25) is 0 Å². The molecule has 2 aliphatic heterocycles. The highest BCUT2D eigenvalue weighted by Crippen LogP contribution is 2.66. The summed E-state index contributed by atoms with van der Waals surface area (Å²) in [7, 11) is -16.8. The molecule has 2 aromatic heterocycles. The van der Waals surface area contributed by atoms with Crippen LogP contribution in [0.25, 0.3) is 22.2 Å². The predicted molar refractivity (Wildman–Crippen MR) is 314 cm³/mol. The monoisotopic (exact) mass is 1240 g/mol. The van der Waals surface area contributed by atoms with Crippen LogP contribution in [0.1, 0.15) is 148 Å². The van der Waals surface area contributed by atoms with Gasteiger partial charge in [-0.05, 0) is 159 Å². The fraction of sp³-hybridized carbons (Fsp3) is 0.417. The number of aryl methyl sites for hydroxylation is 2. The van der Waals surface area contributed by atoms with E-state index in [1.54, 1.807) is 29.0 Å². The topological polar surface area (TPSA) is 337 Å². The molecule has 1 saturated heterocycles. The van der Waals surface area contributed by atoms with E-state index >= 15 is 0 Å². The summed E-state index contributed by atoms with van der Waals surface area (Å²) in [6, 6.07) is 9.44. The number of carbonyl (C=O) groups excluding carboxylic acids is 2. The van der Waals surface area contributed by atoms with Crippen LogP contribution in [0.4, 0.5) is 10.6 Å². The summed E-state index contributed by atoms with van der Waals surface area (Å²) < 4.78 is 74.0. The molecule has 1 amide bonds. The van der Waals surface area contributed by atoms with Crippen LogP contribution in [0.5, 0.6) is 11.5 Å². The Labute approximate surface area is 494 Å². The summed E-state index contributed by atoms with van der Waals surface area (Å²) in [5.41, 5.74) is 18.4. The molecule has 26 heteroatoms. The zero-order chi connectivity index (χ0) is 60.7. The van der Waals surface area contributed by atoms with Gasteiger partial charge < -0.3 is 59.2 Å². The molecule has 6 atom stereocenters. The van der Waals surface area contributed by atoms with E-state index in [1.807, 2.05) is 0 Å². The number of aromatic nitrogens is 3. The normalized spacial score (nSPS) is 20.6. The Bertz CT molecular complexity index is 3970. The average Bonchev–Trinajstić information content (AvgIpc) is 0.890. The molecular formula is C60H66N5O18P3. The van der Waals surface area contributed by atoms with Crippen LogP contribution in [0, 0.1) is 11.8 Å². The lowest BCUT2D eigenvalue weighted by Gasteiger charge is -2.36. The zero-order valence-corrected chi connectivity index (χ0v) is 49.7. The van der Waals surface area contributed by atoms with Gasteiger partial charge in [0.1, 0.15) is 42.0 Å². The van der Waals surface area contributed by atoms with Gasteiger partial charge in [0.15, 0.2) is 5.78 Å². The maximum absolute atomic E-state index is 14.2. The molecular weight excluding hydrogens is 1170 g/mol. The number of amides is 1. The first-order valence-electron chi connectivity index (χ1n) is 28.6. The summed E-state index contributed by atoms with van der Waals surface area (Å²) in [5.74, 6) is 6.92. The first-order chi connectivity index (χ1) is 41.1. The number of nitrogens with two attached hydrogens (primary N) is 1. The van der Waals surface area contributed by atoms with Gasteiger partial charge in [-0.25, -0.2) is 33.3 Å². The number of rotatable bonds is 22. The molecule has 6 aliphatic rings. The second kappa shape index (κ2) is 25.2. The van der Waals surface area contributed by atoms with Crippen LogP contribution < -0.4 is 26.2 Å². The standard InChI is InChI=1S/C60H66N5O18P3/c1-3-24-77-49-28-41(80-50(49)32-79-85(73,74)83-86(75,76)82-84(70,71)72)30-65-29-40(53-57(61)63-33-64-58(53)65)17-9-23-62-60(69)78-31-34(2)10-4-20-48(66)37-21-22-42(59(67)68)45(25-37)54-46-26-38-15-5-11-35-13-7-18-43(51(35)38)55(46)81-56-44-19-8-14-36-12-6-16-39(52(36)44)27-47(54)56/h3,21-22,25-27,29,33,35,41,49-50H,1-2,4-8,10-16,18-20,23-24,28,30-32H2,(H,62,69)(H,67,68)(H,73,74)(H,75,76)(H2,61,63,64)(H2,70,71,72)/t35?,41-,49-,50-/m1/s1. The second-order valence-corrected chi connectivity index (χ2v) is 26.8. The lowest BCUT2D eigenvalue weighted by atomic mass is 9.71. The zero-order valence-electron chi connectivity index (χ0n) is 47.0. The third kappa shape index (κ3) is 13.3. The number of benzene rings is 3. The van der Waals surface area contributed by atoms with Crippen molar-refractivity contribution < 1.29 is 84.9 Å². The van der Waals surface area contributed by atoms with Crippen molar-refractivity contribution in [3.8, 4) is 23.3 Å². The molecule has 86 heavy (non-hydrogen) atoms. The van der Waals surface area contributed by atoms with Crippen LogP contribution in [0.3, 0.4) is 0 Å². The summed E-state index contributed by atoms with van der Waals surface area (Å²) in [5, 5.41) is 16.1. The number of carbonyl (C=O) groups is 3. The van der Waals surface area contributed by atoms with Gasteiger partial charge in [-0.1, -0.05) is 36.1 Å². The third-order valence-electron chi connectivity index (χ3n) is 16.6. The number of nitrogens with zero attached hydrogens (tertiary/aromatic N) is 3. The molecule has 3 aromatic carbocycles. The number of ketones is 1. The highest BCUT2D eigenvalue weighted by atomic mass is 31.3. The number of carboxylic acids is 1. The Morgan fingerprint density at radius 1 is 0.895 bits per heavy atom. The number of anilines is 1. The van der Waals surface area contributed by atoms with Gasteiger partial charge in [0.25, 0.3) is 0 Å². The van der Waals surface area contributed by atoms with Crippen molar-refractivity contribution in [2.75, 3.05) is 32.1 Å². The van der Waals surface area contributed by atoms with Crippen LogP contribution >= 0.6 is 23.5 Å². The number of nitrogens with one attached hydrogen (secondary N) is 1. The Balaban J connectivity index is 0.720. The average molecular weight is 1240 g/mol. The number of hydrogen-bond acceptors (Lipinski definition) is 16. The predicted octanol–water partition coefficient (Wildman–Crippen LogP) is 8.40. The number of fused-ring (bicyclic) bond motifs is 5. The summed E-state index contributed by atoms with van der Waals surface area (Å²) in [4.78, 5) is 86.0. The van der Waals surface area contributed by atoms with Crippen molar-refractivity contribution in [1.82, 2.24) is 19.9 Å². The first kappa shape index (κ1) is 61.1. The van der Waals surface area contributed by atoms with Crippen LogP contribution in [0.15, 0.2) is 67.7 Å². The summed E-state index contributed by atoms with van der Waals surface area (Å²) >= 11 is 0. The molecule has 23 nitrogen and oxygen atoms in total. The molecule has 0 radical (unpaired) electrons. The molecule has 0 spiro atoms. The van der Waals surface area contributed by atoms with Gasteiger partial charge in [0.2, 0.25) is 0 Å². The Morgan fingerprint density at radius 2 is 1.66 bits per heavy atom. The molecule has 1 fully saturated rings. The van der Waals surface area contributed by atoms with E-state index in [-0.39, 0.29) is 56.3 Å². The first-order valence-corrected chi connectivity index (χ1v) is 33.2. The third-order valence-corrected chi connectivity index (χ3v) is 20.4. The highest BCUT2D eigenvalue weighted by molar-refractivity contribution is 7.66. The van der Waals surface area contributed by atoms with Gasteiger partial charge in [-0.2, -0.15) is 8.62 Å². The van der Waals surface area contributed by atoms with Crippen molar-refractivity contribution in [3.05, 3.63) is 134 Å². The van der Waals surface area contributed by atoms with E-state index in [0.717, 1.165) is 105 Å². The lowest BCUT2D eigenvalue weighted by molar-refractivity contribution is -0.0424. The fourth-order valence-corrected chi connectivity index (χ4v) is 16.2. The van der Waals surface area contributed by atoms with E-state index in [1.165, 1.54) is 51.0 Å². The van der Waals surface area contributed by atoms with E-state index in [9.17, 15) is 43.0 Å². The molecule has 5 aromatic rings. The minimum Gasteiger partial charge on any atom is -0.478 e. The van der Waals surface area contributed by atoms with Crippen molar-refractivity contribution in [3.63, 3.8) is 0 Å². The minimum absolute atomic E-state index is 0.0464. The van der Waals surface area contributed by atoms with Crippen molar-refractivity contribution >= 4 is 69.3 Å². The van der Waals surface area contributed by atoms with Crippen molar-refractivity contribution in [1.29, 1.82) is 0 Å². The van der Waals surface area contributed by atoms with E-state index in [4.69, 9.17) is 39.0 Å². The minimum atomic E-state index is -5.75. The van der Waals surface area contributed by atoms with Gasteiger partial charge in [0, 0.05) is 46.5 Å². The summed E-state index contributed by atoms with van der Waals surface area (Å²) in [6.07, 6.45) is 14.7. The number of phosphoric ester groups is 1. The number of carboxylic acid groups (broad SMARTS) is 1. The van der Waals surface area contributed by atoms with Gasteiger partial charge >= 0.3 is 35.5 Å². The Morgan fingerprint density at radius 3 is 2.44 bits per heavy atom. The van der Waals surface area contributed by atoms with Crippen LogP contribution in [-0.4, -0.2) is 102 Å².